The van der Waals surface area contributed by atoms with Gasteiger partial charge in [0.2, 0.25) is 5.91 Å². The molecule has 1 amide bonds. The minimum Gasteiger partial charge on any atom is -0.508 e. The fraction of sp³-hybridized carbons (Fsp3) is 0.235. The molecule has 4 heteroatoms. The predicted octanol–water partition coefficient (Wildman–Crippen LogP) is 2.82. The Balaban J connectivity index is 1.76. The molecule has 2 aromatic rings. The van der Waals surface area contributed by atoms with Crippen LogP contribution in [-0.2, 0) is 11.3 Å². The van der Waals surface area contributed by atoms with Gasteiger partial charge in [0.05, 0.1) is 13.0 Å². The lowest BCUT2D eigenvalue weighted by Crippen LogP contribution is -2.27. The molecule has 0 fully saturated rings. The van der Waals surface area contributed by atoms with Gasteiger partial charge in [-0.3, -0.25) is 4.79 Å². The predicted molar refractivity (Wildman–Crippen MR) is 81.1 cm³/mol. The lowest BCUT2D eigenvalue weighted by Gasteiger charge is -2.17. The molecule has 0 bridgehead atoms. The molecule has 0 aromatic heterocycles. The molecule has 0 saturated heterocycles. The van der Waals surface area contributed by atoms with Gasteiger partial charge in [-0.25, -0.2) is 0 Å². The number of carbonyl (C=O) groups excluding carboxylic acids is 1. The van der Waals surface area contributed by atoms with E-state index in [0.717, 1.165) is 11.3 Å². The Morgan fingerprint density at radius 1 is 1.10 bits per heavy atom. The van der Waals surface area contributed by atoms with Crippen molar-refractivity contribution in [1.29, 1.82) is 0 Å². The van der Waals surface area contributed by atoms with Gasteiger partial charge in [0.1, 0.15) is 11.5 Å². The third-order valence-electron chi connectivity index (χ3n) is 3.11. The molecule has 110 valence electrons. The monoisotopic (exact) mass is 285 g/mol. The summed E-state index contributed by atoms with van der Waals surface area (Å²) >= 11 is 0. The van der Waals surface area contributed by atoms with Crippen molar-refractivity contribution in [2.24, 2.45) is 0 Å². The molecule has 0 saturated carbocycles. The van der Waals surface area contributed by atoms with Gasteiger partial charge in [-0.05, 0) is 29.8 Å². The number of para-hydroxylation sites is 1. The molecule has 0 aliphatic rings. The van der Waals surface area contributed by atoms with E-state index in [-0.39, 0.29) is 11.7 Å². The van der Waals surface area contributed by atoms with Crippen molar-refractivity contribution < 1.29 is 14.6 Å². The van der Waals surface area contributed by atoms with Crippen molar-refractivity contribution in [3.05, 3.63) is 60.2 Å². The van der Waals surface area contributed by atoms with E-state index in [0.29, 0.717) is 19.6 Å². The second kappa shape index (κ2) is 7.33. The van der Waals surface area contributed by atoms with Crippen LogP contribution in [0.25, 0.3) is 0 Å². The smallest absolute Gasteiger partial charge is 0.226 e. The molecule has 4 nitrogen and oxygen atoms in total. The molecular weight excluding hydrogens is 266 g/mol. The Kier molecular flexibility index (Phi) is 5.21. The van der Waals surface area contributed by atoms with Gasteiger partial charge >= 0.3 is 0 Å². The zero-order chi connectivity index (χ0) is 15.1. The number of benzene rings is 2. The molecule has 1 N–H and O–H groups in total. The van der Waals surface area contributed by atoms with Crippen LogP contribution in [-0.4, -0.2) is 29.6 Å². The van der Waals surface area contributed by atoms with Crippen molar-refractivity contribution >= 4 is 5.91 Å². The molecule has 0 spiro atoms. The highest BCUT2D eigenvalue weighted by molar-refractivity contribution is 5.76. The van der Waals surface area contributed by atoms with Crippen molar-refractivity contribution in [1.82, 2.24) is 4.90 Å². The summed E-state index contributed by atoms with van der Waals surface area (Å²) in [6, 6.07) is 16.3. The van der Waals surface area contributed by atoms with E-state index in [1.54, 1.807) is 36.2 Å². The first-order valence-electron chi connectivity index (χ1n) is 6.85. The number of hydrogen-bond acceptors (Lipinski definition) is 3. The first-order valence-corrected chi connectivity index (χ1v) is 6.85. The summed E-state index contributed by atoms with van der Waals surface area (Å²) in [5, 5.41) is 9.23. The number of aromatic hydroxyl groups is 1. The molecule has 0 unspecified atom stereocenters. The fourth-order valence-electron chi connectivity index (χ4n) is 1.93. The van der Waals surface area contributed by atoms with E-state index in [1.807, 2.05) is 30.3 Å². The number of ether oxygens (including phenoxy) is 1. The number of amides is 1. The minimum absolute atomic E-state index is 0.0269. The molecule has 0 aliphatic heterocycles. The van der Waals surface area contributed by atoms with Crippen LogP contribution in [0.4, 0.5) is 0 Å². The van der Waals surface area contributed by atoms with Crippen LogP contribution in [0.5, 0.6) is 11.5 Å². The molecular formula is C17H19NO3. The highest BCUT2D eigenvalue weighted by atomic mass is 16.5. The van der Waals surface area contributed by atoms with Crippen LogP contribution in [0.15, 0.2) is 54.6 Å². The molecule has 0 aliphatic carbocycles. The average Bonchev–Trinajstić information content (AvgIpc) is 2.50. The Morgan fingerprint density at radius 3 is 2.43 bits per heavy atom. The molecule has 0 heterocycles. The van der Waals surface area contributed by atoms with E-state index >= 15 is 0 Å². The van der Waals surface area contributed by atoms with Crippen LogP contribution in [0.1, 0.15) is 12.0 Å². The lowest BCUT2D eigenvalue weighted by molar-refractivity contribution is -0.130. The zero-order valence-corrected chi connectivity index (χ0v) is 12.0. The molecule has 2 aromatic carbocycles. The van der Waals surface area contributed by atoms with Gasteiger partial charge in [-0.1, -0.05) is 30.3 Å². The van der Waals surface area contributed by atoms with E-state index in [4.69, 9.17) is 4.74 Å². The van der Waals surface area contributed by atoms with Crippen LogP contribution in [0, 0.1) is 0 Å². The molecule has 0 radical (unpaired) electrons. The first kappa shape index (κ1) is 14.9. The number of nitrogens with zero attached hydrogens (tertiary/aromatic N) is 1. The minimum atomic E-state index is 0.0269. The summed E-state index contributed by atoms with van der Waals surface area (Å²) in [7, 11) is 1.76. The van der Waals surface area contributed by atoms with Gasteiger partial charge in [0.25, 0.3) is 0 Å². The highest BCUT2D eigenvalue weighted by Crippen LogP contribution is 2.12. The Hall–Kier alpha value is -2.49. The van der Waals surface area contributed by atoms with E-state index in [1.165, 1.54) is 0 Å². The highest BCUT2D eigenvalue weighted by Gasteiger charge is 2.09. The fourth-order valence-corrected chi connectivity index (χ4v) is 1.93. The summed E-state index contributed by atoms with van der Waals surface area (Å²) in [4.78, 5) is 13.7. The standard InChI is InChI=1S/C17H19NO3/c1-18(13-14-7-9-15(19)10-8-14)17(20)11-12-21-16-5-3-2-4-6-16/h2-10,19H,11-13H2,1H3. The van der Waals surface area contributed by atoms with Crippen molar-refractivity contribution in [2.75, 3.05) is 13.7 Å². The van der Waals surface area contributed by atoms with Gasteiger partial charge in [-0.15, -0.1) is 0 Å². The third kappa shape index (κ3) is 4.84. The van der Waals surface area contributed by atoms with E-state index in [9.17, 15) is 9.90 Å². The zero-order valence-electron chi connectivity index (χ0n) is 12.0. The normalized spacial score (nSPS) is 10.1. The second-order valence-electron chi connectivity index (χ2n) is 4.83. The topological polar surface area (TPSA) is 49.8 Å². The Morgan fingerprint density at radius 2 is 1.76 bits per heavy atom. The average molecular weight is 285 g/mol. The molecule has 2 rings (SSSR count). The SMILES string of the molecule is CN(Cc1ccc(O)cc1)C(=O)CCOc1ccccc1. The number of phenolic OH excluding ortho intramolecular Hbond substituents is 1. The maximum absolute atomic E-state index is 12.0. The number of hydrogen-bond donors (Lipinski definition) is 1. The van der Waals surface area contributed by atoms with Crippen LogP contribution in [0.2, 0.25) is 0 Å². The van der Waals surface area contributed by atoms with E-state index < -0.39 is 0 Å². The van der Waals surface area contributed by atoms with E-state index in [2.05, 4.69) is 0 Å². The largest absolute Gasteiger partial charge is 0.508 e. The first-order chi connectivity index (χ1) is 10.1. The Bertz CT molecular complexity index is 566. The summed E-state index contributed by atoms with van der Waals surface area (Å²) in [6.45, 7) is 0.882. The van der Waals surface area contributed by atoms with Crippen LogP contribution >= 0.6 is 0 Å². The Labute approximate surface area is 124 Å². The molecule has 0 atom stereocenters. The summed E-state index contributed by atoms with van der Waals surface area (Å²) in [5.74, 6) is 1.02. The lowest BCUT2D eigenvalue weighted by atomic mass is 10.2. The maximum atomic E-state index is 12.0. The second-order valence-corrected chi connectivity index (χ2v) is 4.83. The number of carbonyl (C=O) groups is 1. The van der Waals surface area contributed by atoms with Gasteiger partial charge in [-0.2, -0.15) is 0 Å². The third-order valence-corrected chi connectivity index (χ3v) is 3.11. The summed E-state index contributed by atoms with van der Waals surface area (Å²) < 4.78 is 5.51. The van der Waals surface area contributed by atoms with Gasteiger partial charge in [0.15, 0.2) is 0 Å². The molecule has 21 heavy (non-hydrogen) atoms. The quantitative estimate of drug-likeness (QED) is 0.888. The van der Waals surface area contributed by atoms with Crippen molar-refractivity contribution in [2.45, 2.75) is 13.0 Å². The summed E-state index contributed by atoms with van der Waals surface area (Å²) in [6.07, 6.45) is 0.337. The van der Waals surface area contributed by atoms with Crippen LogP contribution < -0.4 is 4.74 Å². The maximum Gasteiger partial charge on any atom is 0.226 e. The summed E-state index contributed by atoms with van der Waals surface area (Å²) in [5.41, 5.74) is 0.979. The van der Waals surface area contributed by atoms with Crippen molar-refractivity contribution in [3.63, 3.8) is 0 Å². The van der Waals surface area contributed by atoms with Crippen molar-refractivity contribution in [3.8, 4) is 11.5 Å². The van der Waals surface area contributed by atoms with Gasteiger partial charge < -0.3 is 14.7 Å². The van der Waals surface area contributed by atoms with Gasteiger partial charge in [0, 0.05) is 13.6 Å². The number of phenols is 1. The van der Waals surface area contributed by atoms with Crippen LogP contribution in [0.3, 0.4) is 0 Å². The number of rotatable bonds is 6.